The van der Waals surface area contributed by atoms with Gasteiger partial charge >= 0.3 is 5.91 Å². The number of hydrogen-bond donors (Lipinski definition) is 2. The molecule has 2 aromatic heterocycles. The Morgan fingerprint density at radius 1 is 1.14 bits per heavy atom. The molecule has 2 aromatic carbocycles. The summed E-state index contributed by atoms with van der Waals surface area (Å²) in [5, 5.41) is 15.8. The van der Waals surface area contributed by atoms with Crippen molar-refractivity contribution in [3.63, 3.8) is 0 Å². The molecule has 2 heterocycles. The van der Waals surface area contributed by atoms with Crippen molar-refractivity contribution in [2.75, 3.05) is 0 Å². The van der Waals surface area contributed by atoms with Gasteiger partial charge in [-0.15, -0.1) is 0 Å². The number of benzene rings is 2. The maximum atomic E-state index is 12.2. The molecule has 0 spiro atoms. The van der Waals surface area contributed by atoms with Crippen LogP contribution in [0.25, 0.3) is 22.2 Å². The molecule has 0 atom stereocenters. The number of aromatic nitrogens is 1. The number of amides is 1. The van der Waals surface area contributed by atoms with Crippen LogP contribution in [0.2, 0.25) is 0 Å². The number of nitro groups is 1. The molecule has 0 aliphatic rings. The number of fused-ring (bicyclic) bond motifs is 1. The van der Waals surface area contributed by atoms with E-state index < -0.39 is 10.8 Å². The first-order valence-corrected chi connectivity index (χ1v) is 8.36. The van der Waals surface area contributed by atoms with Gasteiger partial charge in [0.25, 0.3) is 5.69 Å². The van der Waals surface area contributed by atoms with Gasteiger partial charge in [-0.25, -0.2) is 5.43 Å². The smallest absolute Gasteiger partial charge is 0.307 e. The molecule has 8 heteroatoms. The van der Waals surface area contributed by atoms with Gasteiger partial charge in [0.1, 0.15) is 5.76 Å². The lowest BCUT2D eigenvalue weighted by Crippen LogP contribution is -2.16. The first-order chi connectivity index (χ1) is 13.6. The fourth-order valence-electron chi connectivity index (χ4n) is 2.80. The highest BCUT2D eigenvalue weighted by Crippen LogP contribution is 2.25. The van der Waals surface area contributed by atoms with Crippen LogP contribution in [0.1, 0.15) is 16.1 Å². The fraction of sp³-hybridized carbons (Fsp3) is 0. The topological polar surface area (TPSA) is 114 Å². The van der Waals surface area contributed by atoms with E-state index in [9.17, 15) is 14.9 Å². The molecule has 1 amide bonds. The van der Waals surface area contributed by atoms with E-state index in [1.807, 2.05) is 24.3 Å². The summed E-state index contributed by atoms with van der Waals surface area (Å²) in [5.74, 6) is -0.111. The summed E-state index contributed by atoms with van der Waals surface area (Å²) < 4.78 is 5.51. The second-order valence-electron chi connectivity index (χ2n) is 5.96. The molecule has 0 saturated carbocycles. The van der Waals surface area contributed by atoms with E-state index in [-0.39, 0.29) is 11.4 Å². The molecule has 28 heavy (non-hydrogen) atoms. The van der Waals surface area contributed by atoms with Crippen molar-refractivity contribution < 1.29 is 14.1 Å². The van der Waals surface area contributed by atoms with Crippen molar-refractivity contribution in [3.8, 4) is 11.3 Å². The zero-order valence-electron chi connectivity index (χ0n) is 14.5. The van der Waals surface area contributed by atoms with E-state index in [0.29, 0.717) is 11.3 Å². The Hall–Kier alpha value is -4.20. The number of para-hydroxylation sites is 1. The van der Waals surface area contributed by atoms with Crippen LogP contribution < -0.4 is 5.43 Å². The first-order valence-electron chi connectivity index (χ1n) is 8.36. The highest BCUT2D eigenvalue weighted by Gasteiger charge is 2.14. The largest absolute Gasteiger partial charge is 0.451 e. The number of carbonyl (C=O) groups is 1. The number of furan rings is 1. The number of hydrazone groups is 1. The van der Waals surface area contributed by atoms with Crippen molar-refractivity contribution in [1.29, 1.82) is 0 Å². The zero-order valence-corrected chi connectivity index (χ0v) is 14.5. The molecule has 0 unspecified atom stereocenters. The second-order valence-corrected chi connectivity index (χ2v) is 5.96. The molecule has 0 radical (unpaired) electrons. The zero-order chi connectivity index (χ0) is 19.5. The van der Waals surface area contributed by atoms with Gasteiger partial charge in [0.05, 0.1) is 11.1 Å². The molecule has 0 aliphatic heterocycles. The summed E-state index contributed by atoms with van der Waals surface area (Å²) in [4.78, 5) is 25.7. The van der Waals surface area contributed by atoms with E-state index in [1.165, 1.54) is 18.2 Å². The predicted octanol–water partition coefficient (Wildman–Crippen LogP) is 4.10. The number of nitrogens with zero attached hydrogens (tertiary/aromatic N) is 2. The van der Waals surface area contributed by atoms with Crippen LogP contribution in [0.15, 0.2) is 76.4 Å². The molecule has 2 N–H and O–H groups in total. The summed E-state index contributed by atoms with van der Waals surface area (Å²) in [6.45, 7) is 0. The van der Waals surface area contributed by atoms with Crippen LogP contribution in [-0.4, -0.2) is 22.0 Å². The number of rotatable bonds is 5. The van der Waals surface area contributed by atoms with Crippen molar-refractivity contribution in [1.82, 2.24) is 10.4 Å². The van der Waals surface area contributed by atoms with Gasteiger partial charge in [-0.05, 0) is 18.2 Å². The summed E-state index contributed by atoms with van der Waals surface area (Å²) >= 11 is 0. The van der Waals surface area contributed by atoms with E-state index in [4.69, 9.17) is 4.42 Å². The minimum atomic E-state index is -0.521. The van der Waals surface area contributed by atoms with Gasteiger partial charge in [0.15, 0.2) is 5.76 Å². The number of nitro benzene ring substituents is 1. The maximum absolute atomic E-state index is 12.2. The van der Waals surface area contributed by atoms with Crippen LogP contribution in [0.4, 0.5) is 5.69 Å². The third-order valence-corrected chi connectivity index (χ3v) is 4.16. The molecule has 0 saturated heterocycles. The Balaban J connectivity index is 1.47. The van der Waals surface area contributed by atoms with Gasteiger partial charge in [-0.2, -0.15) is 5.10 Å². The molecule has 8 nitrogen and oxygen atoms in total. The molecular weight excluding hydrogens is 360 g/mol. The van der Waals surface area contributed by atoms with Gasteiger partial charge < -0.3 is 9.40 Å². The van der Waals surface area contributed by atoms with E-state index in [2.05, 4.69) is 15.5 Å². The summed E-state index contributed by atoms with van der Waals surface area (Å²) in [6, 6.07) is 16.8. The standard InChI is InChI=1S/C20H14N4O4/c25-20(23-22-12-14-11-21-17-7-2-1-6-16(14)17)19-9-8-18(28-19)13-4-3-5-15(10-13)24(26)27/h1-12,21H,(H,23,25)/b22-12-. The lowest BCUT2D eigenvalue weighted by atomic mass is 10.1. The second kappa shape index (κ2) is 7.20. The quantitative estimate of drug-likeness (QED) is 0.311. The minimum Gasteiger partial charge on any atom is -0.451 e. The van der Waals surface area contributed by atoms with Crippen molar-refractivity contribution in [2.24, 2.45) is 5.10 Å². The average Bonchev–Trinajstić information content (AvgIpc) is 3.36. The highest BCUT2D eigenvalue weighted by molar-refractivity contribution is 5.99. The third kappa shape index (κ3) is 3.38. The molecular formula is C20H14N4O4. The molecule has 0 bridgehead atoms. The summed E-state index contributed by atoms with van der Waals surface area (Å²) in [6.07, 6.45) is 3.34. The predicted molar refractivity (Wildman–Crippen MR) is 104 cm³/mol. The van der Waals surface area contributed by atoms with Crippen LogP contribution in [0, 0.1) is 10.1 Å². The van der Waals surface area contributed by atoms with Crippen LogP contribution in [0.3, 0.4) is 0 Å². The number of non-ortho nitro benzene ring substituents is 1. The van der Waals surface area contributed by atoms with Gasteiger partial charge in [-0.1, -0.05) is 30.3 Å². The van der Waals surface area contributed by atoms with Gasteiger partial charge in [0.2, 0.25) is 0 Å². The van der Waals surface area contributed by atoms with Gasteiger partial charge in [0, 0.05) is 40.4 Å². The number of aromatic amines is 1. The molecule has 4 rings (SSSR count). The lowest BCUT2D eigenvalue weighted by molar-refractivity contribution is -0.384. The van der Waals surface area contributed by atoms with Crippen LogP contribution in [-0.2, 0) is 0 Å². The molecule has 0 fully saturated rings. The third-order valence-electron chi connectivity index (χ3n) is 4.16. The van der Waals surface area contributed by atoms with Gasteiger partial charge in [-0.3, -0.25) is 14.9 Å². The van der Waals surface area contributed by atoms with Crippen molar-refractivity contribution >= 4 is 28.7 Å². The summed E-state index contributed by atoms with van der Waals surface area (Å²) in [7, 11) is 0. The monoisotopic (exact) mass is 374 g/mol. The average molecular weight is 374 g/mol. The Labute approximate surface area is 158 Å². The Bertz CT molecular complexity index is 1210. The van der Waals surface area contributed by atoms with Crippen LogP contribution in [0.5, 0.6) is 0 Å². The Morgan fingerprint density at radius 3 is 2.86 bits per heavy atom. The molecule has 138 valence electrons. The van der Waals surface area contributed by atoms with Crippen LogP contribution >= 0.6 is 0 Å². The molecule has 0 aliphatic carbocycles. The fourth-order valence-corrected chi connectivity index (χ4v) is 2.80. The Morgan fingerprint density at radius 2 is 2.00 bits per heavy atom. The van der Waals surface area contributed by atoms with Crippen molar-refractivity contribution in [2.45, 2.75) is 0 Å². The first kappa shape index (κ1) is 17.2. The van der Waals surface area contributed by atoms with E-state index in [0.717, 1.165) is 16.5 Å². The Kier molecular flexibility index (Phi) is 4.43. The van der Waals surface area contributed by atoms with Crippen molar-refractivity contribution in [3.05, 3.63) is 88.3 Å². The number of nitrogens with one attached hydrogen (secondary N) is 2. The van der Waals surface area contributed by atoms with E-state index >= 15 is 0 Å². The summed E-state index contributed by atoms with van der Waals surface area (Å²) in [5.41, 5.74) is 4.68. The lowest BCUT2D eigenvalue weighted by Gasteiger charge is -1.98. The SMILES string of the molecule is O=C(N/N=C\c1c[nH]c2ccccc12)c1ccc(-c2cccc([N+](=O)[O-])c2)o1. The maximum Gasteiger partial charge on any atom is 0.307 e. The number of carbonyl (C=O) groups excluding carboxylic acids is 1. The minimum absolute atomic E-state index is 0.0526. The highest BCUT2D eigenvalue weighted by atomic mass is 16.6. The number of H-pyrrole nitrogens is 1. The normalized spacial score (nSPS) is 11.1. The van der Waals surface area contributed by atoms with E-state index in [1.54, 1.807) is 30.6 Å². The number of hydrogen-bond acceptors (Lipinski definition) is 5. The molecule has 4 aromatic rings.